The van der Waals surface area contributed by atoms with Crippen molar-refractivity contribution < 1.29 is 13.9 Å². The second kappa shape index (κ2) is 5.10. The van der Waals surface area contributed by atoms with E-state index in [1.54, 1.807) is 0 Å². The summed E-state index contributed by atoms with van der Waals surface area (Å²) in [5.74, 6) is -1.95. The molecule has 96 valence electrons. The summed E-state index contributed by atoms with van der Waals surface area (Å²) in [4.78, 5) is 0. The van der Waals surface area contributed by atoms with Crippen LogP contribution in [0.25, 0.3) is 0 Å². The molecule has 3 N–H and O–H groups in total. The van der Waals surface area contributed by atoms with E-state index in [4.69, 9.17) is 5.73 Å². The van der Waals surface area contributed by atoms with Crippen LogP contribution in [-0.2, 0) is 0 Å². The highest BCUT2D eigenvalue weighted by molar-refractivity contribution is 5.21. The first-order valence-corrected chi connectivity index (χ1v) is 5.61. The first-order valence-electron chi connectivity index (χ1n) is 5.61. The van der Waals surface area contributed by atoms with Crippen LogP contribution in [0.5, 0.6) is 0 Å². The Bertz CT molecular complexity index is 387. The van der Waals surface area contributed by atoms with Gasteiger partial charge in [0, 0.05) is 11.6 Å². The molecular weight excluding hydrogens is 224 g/mol. The molecule has 0 bridgehead atoms. The van der Waals surface area contributed by atoms with E-state index in [-0.39, 0.29) is 23.4 Å². The molecule has 0 aliphatic carbocycles. The van der Waals surface area contributed by atoms with Crippen LogP contribution >= 0.6 is 0 Å². The molecule has 0 unspecified atom stereocenters. The molecule has 0 amide bonds. The van der Waals surface area contributed by atoms with E-state index in [1.165, 1.54) is 12.1 Å². The van der Waals surface area contributed by atoms with Gasteiger partial charge in [-0.15, -0.1) is 0 Å². The molecule has 2 nitrogen and oxygen atoms in total. The maximum absolute atomic E-state index is 13.4. The predicted octanol–water partition coefficient (Wildman–Crippen LogP) is 2.76. The van der Waals surface area contributed by atoms with Crippen molar-refractivity contribution in [3.8, 4) is 0 Å². The van der Waals surface area contributed by atoms with E-state index < -0.39 is 17.7 Å². The molecule has 0 saturated carbocycles. The number of aliphatic hydroxyl groups excluding tert-OH is 1. The van der Waals surface area contributed by atoms with E-state index in [2.05, 4.69) is 0 Å². The van der Waals surface area contributed by atoms with Gasteiger partial charge in [-0.05, 0) is 17.9 Å². The average molecular weight is 243 g/mol. The third-order valence-corrected chi connectivity index (χ3v) is 2.93. The lowest BCUT2D eigenvalue weighted by atomic mass is 9.83. The molecule has 17 heavy (non-hydrogen) atoms. The molecule has 2 atom stereocenters. The van der Waals surface area contributed by atoms with Gasteiger partial charge in [-0.3, -0.25) is 0 Å². The SMILES string of the molecule is CC(C)(C)[C@H](N)C[C@@H](O)c1cccc(F)c1F. The van der Waals surface area contributed by atoms with Gasteiger partial charge in [0.15, 0.2) is 11.6 Å². The number of halogens is 2. The minimum Gasteiger partial charge on any atom is -0.388 e. The molecule has 1 aromatic carbocycles. The van der Waals surface area contributed by atoms with Gasteiger partial charge in [0.05, 0.1) is 6.10 Å². The van der Waals surface area contributed by atoms with Gasteiger partial charge in [-0.2, -0.15) is 0 Å². The molecule has 1 rings (SSSR count). The largest absolute Gasteiger partial charge is 0.388 e. The van der Waals surface area contributed by atoms with Crippen molar-refractivity contribution in [2.75, 3.05) is 0 Å². The first-order chi connectivity index (χ1) is 7.73. The van der Waals surface area contributed by atoms with Crippen LogP contribution in [0.3, 0.4) is 0 Å². The van der Waals surface area contributed by atoms with Crippen molar-refractivity contribution in [2.24, 2.45) is 11.1 Å². The van der Waals surface area contributed by atoms with Gasteiger partial charge < -0.3 is 10.8 Å². The zero-order chi connectivity index (χ0) is 13.2. The summed E-state index contributed by atoms with van der Waals surface area (Å²) in [6.45, 7) is 5.81. The number of nitrogens with two attached hydrogens (primary N) is 1. The molecule has 0 saturated heterocycles. The molecule has 0 spiro atoms. The quantitative estimate of drug-likeness (QED) is 0.857. The Labute approximate surface area is 100 Å². The van der Waals surface area contributed by atoms with Crippen molar-refractivity contribution in [3.63, 3.8) is 0 Å². The highest BCUT2D eigenvalue weighted by Crippen LogP contribution is 2.28. The normalized spacial score (nSPS) is 15.7. The van der Waals surface area contributed by atoms with E-state index in [0.717, 1.165) is 6.07 Å². The van der Waals surface area contributed by atoms with E-state index in [1.807, 2.05) is 20.8 Å². The third-order valence-electron chi connectivity index (χ3n) is 2.93. The van der Waals surface area contributed by atoms with Gasteiger partial charge in [0.25, 0.3) is 0 Å². The zero-order valence-corrected chi connectivity index (χ0v) is 10.4. The Morgan fingerprint density at radius 3 is 2.41 bits per heavy atom. The minimum atomic E-state index is -1.08. The lowest BCUT2D eigenvalue weighted by Crippen LogP contribution is -2.36. The van der Waals surface area contributed by atoms with Gasteiger partial charge in [-0.1, -0.05) is 32.9 Å². The van der Waals surface area contributed by atoms with E-state index in [0.29, 0.717) is 0 Å². The lowest BCUT2D eigenvalue weighted by molar-refractivity contribution is 0.129. The molecular formula is C13H19F2NO. The topological polar surface area (TPSA) is 46.2 Å². The Balaban J connectivity index is 2.84. The fourth-order valence-electron chi connectivity index (χ4n) is 1.50. The number of hydrogen-bond acceptors (Lipinski definition) is 2. The molecule has 4 heteroatoms. The van der Waals surface area contributed by atoms with Crippen LogP contribution in [0, 0.1) is 17.0 Å². The number of hydrogen-bond donors (Lipinski definition) is 2. The summed E-state index contributed by atoms with van der Waals surface area (Å²) in [5, 5.41) is 9.87. The number of rotatable bonds is 3. The van der Waals surface area contributed by atoms with Crippen molar-refractivity contribution in [1.29, 1.82) is 0 Å². The zero-order valence-electron chi connectivity index (χ0n) is 10.4. The molecule has 1 aromatic rings. The van der Waals surface area contributed by atoms with Crippen molar-refractivity contribution in [2.45, 2.75) is 39.3 Å². The van der Waals surface area contributed by atoms with Crippen molar-refractivity contribution >= 4 is 0 Å². The molecule has 0 fully saturated rings. The van der Waals surface area contributed by atoms with Crippen LogP contribution in [0.4, 0.5) is 8.78 Å². The molecule has 0 aromatic heterocycles. The van der Waals surface area contributed by atoms with Crippen LogP contribution < -0.4 is 5.73 Å². The van der Waals surface area contributed by atoms with E-state index in [9.17, 15) is 13.9 Å². The third kappa shape index (κ3) is 3.48. The molecule has 0 heterocycles. The fourth-order valence-corrected chi connectivity index (χ4v) is 1.50. The summed E-state index contributed by atoms with van der Waals surface area (Å²) < 4.78 is 26.4. The Hall–Kier alpha value is -1.00. The van der Waals surface area contributed by atoms with Crippen LogP contribution in [0.2, 0.25) is 0 Å². The van der Waals surface area contributed by atoms with Crippen LogP contribution in [0.1, 0.15) is 38.9 Å². The summed E-state index contributed by atoms with van der Waals surface area (Å²) in [7, 11) is 0. The van der Waals surface area contributed by atoms with Gasteiger partial charge in [-0.25, -0.2) is 8.78 Å². The van der Waals surface area contributed by atoms with Gasteiger partial charge in [0.2, 0.25) is 0 Å². The smallest absolute Gasteiger partial charge is 0.164 e. The Morgan fingerprint density at radius 1 is 1.29 bits per heavy atom. The number of benzene rings is 1. The summed E-state index contributed by atoms with van der Waals surface area (Å²) in [5.41, 5.74) is 5.67. The maximum atomic E-state index is 13.4. The molecule has 0 radical (unpaired) electrons. The maximum Gasteiger partial charge on any atom is 0.164 e. The first kappa shape index (κ1) is 14.1. The second-order valence-corrected chi connectivity index (χ2v) is 5.37. The lowest BCUT2D eigenvalue weighted by Gasteiger charge is -2.29. The molecule has 0 aliphatic heterocycles. The summed E-state index contributed by atoms with van der Waals surface area (Å²) in [6, 6.07) is 3.48. The van der Waals surface area contributed by atoms with Gasteiger partial charge >= 0.3 is 0 Å². The Kier molecular flexibility index (Phi) is 4.22. The van der Waals surface area contributed by atoms with Crippen LogP contribution in [0.15, 0.2) is 18.2 Å². The Morgan fingerprint density at radius 2 is 1.88 bits per heavy atom. The standard InChI is InChI=1S/C13H19F2NO/c1-13(2,3)11(16)7-10(17)8-5-4-6-9(14)12(8)15/h4-6,10-11,17H,7,16H2,1-3H3/t10-,11-/m1/s1. The predicted molar refractivity (Wildman–Crippen MR) is 63.4 cm³/mol. The van der Waals surface area contributed by atoms with Gasteiger partial charge in [0.1, 0.15) is 0 Å². The highest BCUT2D eigenvalue weighted by Gasteiger charge is 2.25. The fraction of sp³-hybridized carbons (Fsp3) is 0.538. The summed E-state index contributed by atoms with van der Waals surface area (Å²) >= 11 is 0. The van der Waals surface area contributed by atoms with Crippen molar-refractivity contribution in [3.05, 3.63) is 35.4 Å². The monoisotopic (exact) mass is 243 g/mol. The highest BCUT2D eigenvalue weighted by atomic mass is 19.2. The van der Waals surface area contributed by atoms with E-state index >= 15 is 0 Å². The summed E-state index contributed by atoms with van der Waals surface area (Å²) in [6.07, 6.45) is -0.885. The number of aliphatic hydroxyl groups is 1. The average Bonchev–Trinajstić information content (AvgIpc) is 2.20. The second-order valence-electron chi connectivity index (χ2n) is 5.37. The van der Waals surface area contributed by atoms with Crippen molar-refractivity contribution in [1.82, 2.24) is 0 Å². The van der Waals surface area contributed by atoms with Crippen LogP contribution in [-0.4, -0.2) is 11.1 Å². The minimum absolute atomic E-state index is 0.0373. The molecule has 0 aliphatic rings.